The van der Waals surface area contributed by atoms with Crippen LogP contribution in [0.1, 0.15) is 5.82 Å². The zero-order chi connectivity index (χ0) is 12.3. The summed E-state index contributed by atoms with van der Waals surface area (Å²) in [7, 11) is 0. The van der Waals surface area contributed by atoms with Gasteiger partial charge in [0, 0.05) is 38.8 Å². The van der Waals surface area contributed by atoms with E-state index in [0.29, 0.717) is 5.82 Å². The van der Waals surface area contributed by atoms with Crippen molar-refractivity contribution in [1.82, 2.24) is 20.6 Å². The molecule has 0 amide bonds. The Morgan fingerprint density at radius 2 is 2.00 bits per heavy atom. The van der Waals surface area contributed by atoms with Gasteiger partial charge in [-0.15, -0.1) is 0 Å². The van der Waals surface area contributed by atoms with Gasteiger partial charge in [0.2, 0.25) is 0 Å². The topological polar surface area (TPSA) is 76.3 Å². The van der Waals surface area contributed by atoms with Gasteiger partial charge in [-0.1, -0.05) is 0 Å². The van der Waals surface area contributed by atoms with Crippen molar-refractivity contribution in [2.24, 2.45) is 0 Å². The van der Waals surface area contributed by atoms with Gasteiger partial charge in [0.05, 0.1) is 6.61 Å². The second-order valence-corrected chi connectivity index (χ2v) is 4.21. The number of nitrogens with zero attached hydrogens (tertiary/aromatic N) is 4. The highest BCUT2D eigenvalue weighted by molar-refractivity contribution is 5.45. The van der Waals surface area contributed by atoms with Crippen molar-refractivity contribution in [3.05, 3.63) is 11.9 Å². The van der Waals surface area contributed by atoms with Gasteiger partial charge in [-0.25, -0.2) is 9.97 Å². The molecule has 0 bridgehead atoms. The molecule has 1 aliphatic rings. The van der Waals surface area contributed by atoms with Crippen LogP contribution in [0.4, 0.5) is 11.6 Å². The van der Waals surface area contributed by atoms with Crippen LogP contribution >= 0.6 is 0 Å². The molecule has 2 N–H and O–H groups in total. The Labute approximate surface area is 101 Å². The maximum absolute atomic E-state index is 8.87. The molecule has 17 heavy (non-hydrogen) atoms. The average Bonchev–Trinajstić information content (AvgIpc) is 2.29. The second kappa shape index (κ2) is 5.29. The third-order valence-electron chi connectivity index (χ3n) is 2.94. The molecule has 1 aromatic heterocycles. The van der Waals surface area contributed by atoms with Gasteiger partial charge < -0.3 is 10.0 Å². The summed E-state index contributed by atoms with van der Waals surface area (Å²) in [5, 5.41) is 8.87. The lowest BCUT2D eigenvalue weighted by Gasteiger charge is -2.35. The lowest BCUT2D eigenvalue weighted by molar-refractivity contribution is 0.188. The maximum Gasteiger partial charge on any atom is 0.150 e. The molecule has 1 radical (unpaired) electrons. The molecule has 1 fully saturated rings. The maximum atomic E-state index is 8.87. The van der Waals surface area contributed by atoms with Gasteiger partial charge >= 0.3 is 0 Å². The van der Waals surface area contributed by atoms with Crippen LogP contribution in [-0.2, 0) is 0 Å². The Morgan fingerprint density at radius 1 is 1.29 bits per heavy atom. The van der Waals surface area contributed by atoms with Crippen LogP contribution in [0, 0.1) is 6.92 Å². The number of aliphatic hydroxyl groups is 1. The minimum atomic E-state index is 0.212. The standard InChI is InChI=1S/C11H18N5O/c1-9-13-10(12)8-11(14-9)16-4-2-15(3-5-16)6-7-17/h8,12,17H,2-7H2,1H3. The van der Waals surface area contributed by atoms with Crippen LogP contribution in [0.25, 0.3) is 0 Å². The predicted molar refractivity (Wildman–Crippen MR) is 65.3 cm³/mol. The minimum absolute atomic E-state index is 0.212. The van der Waals surface area contributed by atoms with E-state index < -0.39 is 0 Å². The van der Waals surface area contributed by atoms with E-state index in [9.17, 15) is 0 Å². The van der Waals surface area contributed by atoms with Crippen LogP contribution in [0.5, 0.6) is 0 Å². The summed E-state index contributed by atoms with van der Waals surface area (Å²) in [5.41, 5.74) is 7.58. The molecule has 0 aliphatic carbocycles. The number of anilines is 1. The molecule has 93 valence electrons. The first kappa shape index (κ1) is 12.1. The minimum Gasteiger partial charge on any atom is -0.395 e. The molecule has 0 spiro atoms. The molecule has 1 aliphatic heterocycles. The Balaban J connectivity index is 2.00. The van der Waals surface area contributed by atoms with E-state index in [0.717, 1.165) is 38.5 Å². The number of hydrogen-bond donors (Lipinski definition) is 1. The molecular formula is C11H18N5O. The van der Waals surface area contributed by atoms with Gasteiger partial charge in [-0.05, 0) is 6.92 Å². The van der Waals surface area contributed by atoms with Crippen LogP contribution in [-0.4, -0.2) is 59.3 Å². The Hall–Kier alpha value is -1.40. The van der Waals surface area contributed by atoms with Crippen molar-refractivity contribution in [3.8, 4) is 0 Å². The van der Waals surface area contributed by atoms with E-state index in [4.69, 9.17) is 10.8 Å². The van der Waals surface area contributed by atoms with Gasteiger partial charge in [0.25, 0.3) is 0 Å². The summed E-state index contributed by atoms with van der Waals surface area (Å²) in [6, 6.07) is 1.70. The lowest BCUT2D eigenvalue weighted by atomic mass is 10.3. The molecule has 1 aromatic rings. The summed E-state index contributed by atoms with van der Waals surface area (Å²) in [5.74, 6) is 1.75. The smallest absolute Gasteiger partial charge is 0.150 e. The van der Waals surface area contributed by atoms with Gasteiger partial charge in [0.1, 0.15) is 17.5 Å². The quantitative estimate of drug-likeness (QED) is 0.787. The summed E-state index contributed by atoms with van der Waals surface area (Å²) >= 11 is 0. The average molecular weight is 236 g/mol. The highest BCUT2D eigenvalue weighted by Crippen LogP contribution is 2.16. The molecule has 2 rings (SSSR count). The fourth-order valence-corrected chi connectivity index (χ4v) is 2.06. The second-order valence-electron chi connectivity index (χ2n) is 4.21. The number of β-amino-alcohol motifs (C(OH)–C–C–N with tert-alkyl or cyclic N) is 1. The van der Waals surface area contributed by atoms with E-state index >= 15 is 0 Å². The number of hydrogen-bond acceptors (Lipinski definition) is 5. The SMILES string of the molecule is Cc1nc([NH])cc(N2CCN(CCO)CC2)n1. The normalized spacial score (nSPS) is 17.4. The number of aryl methyl sites for hydroxylation is 1. The van der Waals surface area contributed by atoms with E-state index in [1.165, 1.54) is 0 Å². The highest BCUT2D eigenvalue weighted by Gasteiger charge is 2.18. The number of aromatic nitrogens is 2. The number of nitrogens with one attached hydrogen (secondary N) is 1. The first-order chi connectivity index (χ1) is 8.19. The van der Waals surface area contributed by atoms with Crippen LogP contribution in [0.2, 0.25) is 0 Å². The third-order valence-corrected chi connectivity index (χ3v) is 2.94. The molecule has 0 saturated carbocycles. The Kier molecular flexibility index (Phi) is 3.75. The Bertz CT molecular complexity index is 356. The number of rotatable bonds is 3. The predicted octanol–water partition coefficient (Wildman–Crippen LogP) is -0.186. The fourth-order valence-electron chi connectivity index (χ4n) is 2.06. The first-order valence-electron chi connectivity index (χ1n) is 5.84. The van der Waals surface area contributed by atoms with Gasteiger partial charge in [-0.3, -0.25) is 10.6 Å². The van der Waals surface area contributed by atoms with E-state index in [2.05, 4.69) is 19.8 Å². The van der Waals surface area contributed by atoms with Crippen molar-refractivity contribution in [3.63, 3.8) is 0 Å². The molecule has 0 unspecified atom stereocenters. The third kappa shape index (κ3) is 3.04. The molecule has 6 heteroatoms. The van der Waals surface area contributed by atoms with Crippen LogP contribution < -0.4 is 10.6 Å². The molecule has 6 nitrogen and oxygen atoms in total. The van der Waals surface area contributed by atoms with Crippen molar-refractivity contribution in [2.75, 3.05) is 44.2 Å². The Morgan fingerprint density at radius 3 is 2.59 bits per heavy atom. The van der Waals surface area contributed by atoms with Crippen LogP contribution in [0.3, 0.4) is 0 Å². The summed E-state index contributed by atoms with van der Waals surface area (Å²) < 4.78 is 0. The van der Waals surface area contributed by atoms with Crippen molar-refractivity contribution >= 4 is 11.6 Å². The zero-order valence-corrected chi connectivity index (χ0v) is 10.1. The summed E-state index contributed by atoms with van der Waals surface area (Å²) in [6.07, 6.45) is 0. The number of piperazine rings is 1. The van der Waals surface area contributed by atoms with Crippen molar-refractivity contribution < 1.29 is 5.11 Å². The first-order valence-corrected chi connectivity index (χ1v) is 5.84. The molecule has 1 saturated heterocycles. The molecule has 0 atom stereocenters. The summed E-state index contributed by atoms with van der Waals surface area (Å²) in [6.45, 7) is 6.38. The van der Waals surface area contributed by atoms with Crippen molar-refractivity contribution in [1.29, 1.82) is 0 Å². The molecule has 2 heterocycles. The van der Waals surface area contributed by atoms with Crippen LogP contribution in [0.15, 0.2) is 6.07 Å². The zero-order valence-electron chi connectivity index (χ0n) is 10.1. The monoisotopic (exact) mass is 236 g/mol. The van der Waals surface area contributed by atoms with E-state index in [-0.39, 0.29) is 12.4 Å². The molecular weight excluding hydrogens is 218 g/mol. The lowest BCUT2D eigenvalue weighted by Crippen LogP contribution is -2.47. The largest absolute Gasteiger partial charge is 0.395 e. The highest BCUT2D eigenvalue weighted by atomic mass is 16.3. The fraction of sp³-hybridized carbons (Fsp3) is 0.636. The van der Waals surface area contributed by atoms with Crippen molar-refractivity contribution in [2.45, 2.75) is 6.92 Å². The van der Waals surface area contributed by atoms with E-state index in [1.54, 1.807) is 6.07 Å². The van der Waals surface area contributed by atoms with Gasteiger partial charge in [-0.2, -0.15) is 0 Å². The van der Waals surface area contributed by atoms with E-state index in [1.807, 2.05) is 6.92 Å². The summed E-state index contributed by atoms with van der Waals surface area (Å²) in [4.78, 5) is 12.7. The van der Waals surface area contributed by atoms with Gasteiger partial charge in [0.15, 0.2) is 0 Å². The number of aliphatic hydroxyl groups excluding tert-OH is 1. The molecule has 0 aromatic carbocycles.